The van der Waals surface area contributed by atoms with Gasteiger partial charge in [0.05, 0.1) is 11.4 Å². The van der Waals surface area contributed by atoms with E-state index in [1.165, 1.54) is 0 Å². The zero-order valence-corrected chi connectivity index (χ0v) is 14.3. The van der Waals surface area contributed by atoms with Crippen molar-refractivity contribution < 1.29 is 9.47 Å². The van der Waals surface area contributed by atoms with Crippen LogP contribution in [0.4, 0.5) is 0 Å². The van der Waals surface area contributed by atoms with Gasteiger partial charge in [0.15, 0.2) is 11.5 Å². The summed E-state index contributed by atoms with van der Waals surface area (Å²) in [6.45, 7) is 2.89. The Morgan fingerprint density at radius 3 is 2.91 bits per heavy atom. The van der Waals surface area contributed by atoms with E-state index in [2.05, 4.69) is 39.5 Å². The number of hydrogen-bond acceptors (Lipinski definition) is 4. The third-order valence-electron chi connectivity index (χ3n) is 4.03. The number of fused-ring (bicyclic) bond motifs is 2. The summed E-state index contributed by atoms with van der Waals surface area (Å²) in [6, 6.07) is 7.99. The molecule has 0 saturated carbocycles. The molecule has 0 unspecified atom stereocenters. The molecule has 6 heteroatoms. The lowest BCUT2D eigenvalue weighted by Crippen LogP contribution is -2.06. The summed E-state index contributed by atoms with van der Waals surface area (Å²) in [4.78, 5) is 4.82. The summed E-state index contributed by atoms with van der Waals surface area (Å²) in [6.07, 6.45) is 2.81. The number of nitrogens with two attached hydrogens (primary N) is 1. The van der Waals surface area contributed by atoms with E-state index in [9.17, 15) is 0 Å². The van der Waals surface area contributed by atoms with Crippen LogP contribution in [-0.4, -0.2) is 22.7 Å². The number of halogens is 1. The molecule has 0 radical (unpaired) electrons. The quantitative estimate of drug-likeness (QED) is 0.764. The number of aromatic nitrogens is 2. The summed E-state index contributed by atoms with van der Waals surface area (Å²) >= 11 is 3.59. The Labute approximate surface area is 142 Å². The van der Waals surface area contributed by atoms with E-state index in [4.69, 9.17) is 20.2 Å². The first kappa shape index (κ1) is 14.5. The molecule has 1 aliphatic heterocycles. The second kappa shape index (κ2) is 5.54. The molecule has 2 aromatic heterocycles. The Hall–Kier alpha value is -2.05. The van der Waals surface area contributed by atoms with Gasteiger partial charge in [0.1, 0.15) is 5.65 Å². The highest BCUT2D eigenvalue weighted by molar-refractivity contribution is 9.10. The number of hydrogen-bond donors (Lipinski definition) is 1. The van der Waals surface area contributed by atoms with Crippen molar-refractivity contribution in [2.24, 2.45) is 5.73 Å². The van der Waals surface area contributed by atoms with Gasteiger partial charge in [-0.25, -0.2) is 4.98 Å². The maximum atomic E-state index is 5.82. The number of pyridine rings is 1. The van der Waals surface area contributed by atoms with Gasteiger partial charge in [-0.2, -0.15) is 0 Å². The van der Waals surface area contributed by atoms with Crippen molar-refractivity contribution in [1.29, 1.82) is 0 Å². The number of rotatable bonds is 3. The van der Waals surface area contributed by atoms with Crippen LogP contribution in [0, 0.1) is 6.92 Å². The Bertz CT molecular complexity index is 904. The lowest BCUT2D eigenvalue weighted by molar-refractivity contribution is 0.174. The van der Waals surface area contributed by atoms with Gasteiger partial charge < -0.3 is 19.6 Å². The van der Waals surface area contributed by atoms with Gasteiger partial charge in [0.25, 0.3) is 0 Å². The zero-order chi connectivity index (χ0) is 16.0. The molecule has 3 aromatic rings. The van der Waals surface area contributed by atoms with Crippen molar-refractivity contribution in [2.45, 2.75) is 13.3 Å². The summed E-state index contributed by atoms with van der Waals surface area (Å²) in [5.41, 5.74) is 10.9. The van der Waals surface area contributed by atoms with E-state index < -0.39 is 0 Å². The SMILES string of the molecule is Cc1cc2nc(-c3ccc4c(c3)OCO4)c(CCN)n2cc1Br. The second-order valence-corrected chi connectivity index (χ2v) is 6.40. The molecule has 0 aliphatic carbocycles. The Kier molecular flexibility index (Phi) is 3.50. The second-order valence-electron chi connectivity index (χ2n) is 5.55. The van der Waals surface area contributed by atoms with Crippen molar-refractivity contribution in [3.63, 3.8) is 0 Å². The topological polar surface area (TPSA) is 61.8 Å². The number of benzene rings is 1. The summed E-state index contributed by atoms with van der Waals surface area (Å²) < 4.78 is 14.0. The fraction of sp³-hybridized carbons (Fsp3) is 0.235. The van der Waals surface area contributed by atoms with Crippen LogP contribution in [0.3, 0.4) is 0 Å². The third kappa shape index (κ3) is 2.38. The molecule has 0 spiro atoms. The van der Waals surface area contributed by atoms with Crippen LogP contribution in [-0.2, 0) is 6.42 Å². The predicted octanol–water partition coefficient (Wildman–Crippen LogP) is 3.30. The first-order valence-electron chi connectivity index (χ1n) is 7.44. The van der Waals surface area contributed by atoms with E-state index in [1.807, 2.05) is 18.2 Å². The van der Waals surface area contributed by atoms with Crippen LogP contribution in [0.1, 0.15) is 11.3 Å². The predicted molar refractivity (Wildman–Crippen MR) is 91.9 cm³/mol. The Morgan fingerprint density at radius 1 is 1.26 bits per heavy atom. The Morgan fingerprint density at radius 2 is 2.09 bits per heavy atom. The average molecular weight is 374 g/mol. The van der Waals surface area contributed by atoms with Crippen LogP contribution in [0.15, 0.2) is 34.9 Å². The molecule has 0 saturated heterocycles. The molecule has 2 N–H and O–H groups in total. The smallest absolute Gasteiger partial charge is 0.231 e. The van der Waals surface area contributed by atoms with E-state index >= 15 is 0 Å². The minimum atomic E-state index is 0.270. The highest BCUT2D eigenvalue weighted by Crippen LogP contribution is 2.37. The minimum Gasteiger partial charge on any atom is -0.454 e. The van der Waals surface area contributed by atoms with E-state index in [1.54, 1.807) is 0 Å². The molecular formula is C17H16BrN3O2. The summed E-state index contributed by atoms with van der Waals surface area (Å²) in [5, 5.41) is 0. The monoisotopic (exact) mass is 373 g/mol. The summed E-state index contributed by atoms with van der Waals surface area (Å²) in [5.74, 6) is 1.53. The molecule has 1 aromatic carbocycles. The maximum absolute atomic E-state index is 5.82. The average Bonchev–Trinajstić information content (AvgIpc) is 3.13. The maximum Gasteiger partial charge on any atom is 0.231 e. The zero-order valence-electron chi connectivity index (χ0n) is 12.7. The van der Waals surface area contributed by atoms with Gasteiger partial charge in [-0.15, -0.1) is 0 Å². The highest BCUT2D eigenvalue weighted by Gasteiger charge is 2.19. The molecule has 0 fully saturated rings. The minimum absolute atomic E-state index is 0.270. The molecule has 1 aliphatic rings. The molecular weight excluding hydrogens is 358 g/mol. The normalized spacial score (nSPS) is 13.0. The van der Waals surface area contributed by atoms with Crippen LogP contribution in [0.2, 0.25) is 0 Å². The molecule has 3 heterocycles. The number of imidazole rings is 1. The van der Waals surface area contributed by atoms with Crippen LogP contribution in [0.25, 0.3) is 16.9 Å². The molecule has 0 amide bonds. The van der Waals surface area contributed by atoms with E-state index in [0.717, 1.165) is 50.6 Å². The number of aryl methyl sites for hydroxylation is 1. The highest BCUT2D eigenvalue weighted by atomic mass is 79.9. The largest absolute Gasteiger partial charge is 0.454 e. The van der Waals surface area contributed by atoms with E-state index in [0.29, 0.717) is 6.54 Å². The first-order chi connectivity index (χ1) is 11.2. The molecule has 4 rings (SSSR count). The van der Waals surface area contributed by atoms with Crippen LogP contribution < -0.4 is 15.2 Å². The fourth-order valence-corrected chi connectivity index (χ4v) is 3.18. The molecule has 5 nitrogen and oxygen atoms in total. The first-order valence-corrected chi connectivity index (χ1v) is 8.24. The lowest BCUT2D eigenvalue weighted by atomic mass is 10.1. The number of ether oxygens (including phenoxy) is 2. The third-order valence-corrected chi connectivity index (χ3v) is 4.86. The van der Waals surface area contributed by atoms with E-state index in [-0.39, 0.29) is 6.79 Å². The fourth-order valence-electron chi connectivity index (χ4n) is 2.86. The number of nitrogens with zero attached hydrogens (tertiary/aromatic N) is 2. The molecule has 23 heavy (non-hydrogen) atoms. The Balaban J connectivity index is 1.93. The van der Waals surface area contributed by atoms with Crippen LogP contribution >= 0.6 is 15.9 Å². The molecule has 0 bridgehead atoms. The standard InChI is InChI=1S/C17H16BrN3O2/c1-10-6-16-20-17(13(4-5-19)21(16)8-12(10)18)11-2-3-14-15(7-11)23-9-22-14/h2-3,6-8H,4-5,9,19H2,1H3. The van der Waals surface area contributed by atoms with Gasteiger partial charge in [0.2, 0.25) is 6.79 Å². The van der Waals surface area contributed by atoms with Crippen molar-refractivity contribution in [3.05, 3.63) is 46.2 Å². The van der Waals surface area contributed by atoms with Crippen molar-refractivity contribution >= 4 is 21.6 Å². The molecule has 0 atom stereocenters. The van der Waals surface area contributed by atoms with Gasteiger partial charge in [-0.05, 0) is 59.2 Å². The van der Waals surface area contributed by atoms with Crippen LogP contribution in [0.5, 0.6) is 11.5 Å². The van der Waals surface area contributed by atoms with Gasteiger partial charge >= 0.3 is 0 Å². The summed E-state index contributed by atoms with van der Waals surface area (Å²) in [7, 11) is 0. The lowest BCUT2D eigenvalue weighted by Gasteiger charge is -2.06. The van der Waals surface area contributed by atoms with Gasteiger partial charge in [-0.1, -0.05) is 0 Å². The molecule has 118 valence electrons. The van der Waals surface area contributed by atoms with Gasteiger partial charge in [-0.3, -0.25) is 0 Å². The van der Waals surface area contributed by atoms with Gasteiger partial charge in [0, 0.05) is 22.7 Å². The van der Waals surface area contributed by atoms with Crippen molar-refractivity contribution in [2.75, 3.05) is 13.3 Å². The van der Waals surface area contributed by atoms with Crippen molar-refractivity contribution in [1.82, 2.24) is 9.38 Å². The van der Waals surface area contributed by atoms with Crippen molar-refractivity contribution in [3.8, 4) is 22.8 Å².